The van der Waals surface area contributed by atoms with E-state index in [9.17, 15) is 4.79 Å². The van der Waals surface area contributed by atoms with Gasteiger partial charge in [-0.25, -0.2) is 0 Å². The predicted octanol–water partition coefficient (Wildman–Crippen LogP) is 2.95. The second-order valence-corrected chi connectivity index (χ2v) is 7.80. The average molecular weight is 373 g/mol. The Balaban J connectivity index is 1.39. The van der Waals surface area contributed by atoms with Crippen molar-refractivity contribution in [1.29, 1.82) is 0 Å². The lowest BCUT2D eigenvalue weighted by molar-refractivity contribution is -0.136. The highest BCUT2D eigenvalue weighted by molar-refractivity contribution is 5.77. The Morgan fingerprint density at radius 2 is 1.93 bits per heavy atom. The Kier molecular flexibility index (Phi) is 6.11. The summed E-state index contributed by atoms with van der Waals surface area (Å²) in [6.07, 6.45) is 1.87. The van der Waals surface area contributed by atoms with Gasteiger partial charge in [0.25, 0.3) is 5.91 Å². The standard InChI is InChI=1S/C20H27N3O4/c1-20(2,3)18-21-19(27-22-18)26-14-17(24)23-11-9-16(10-12-23)25-13-15-7-5-4-6-8-15/h4-8,16H,9-14H2,1-3H3. The smallest absolute Gasteiger partial charge is 0.417 e. The maximum atomic E-state index is 12.3. The first-order valence-corrected chi connectivity index (χ1v) is 9.32. The molecule has 0 unspecified atom stereocenters. The third-order valence-corrected chi connectivity index (χ3v) is 4.52. The van der Waals surface area contributed by atoms with Crippen LogP contribution in [0.4, 0.5) is 0 Å². The van der Waals surface area contributed by atoms with Gasteiger partial charge in [0.05, 0.1) is 12.7 Å². The molecule has 27 heavy (non-hydrogen) atoms. The van der Waals surface area contributed by atoms with Crippen LogP contribution in [-0.2, 0) is 21.6 Å². The van der Waals surface area contributed by atoms with Crippen molar-refractivity contribution in [3.05, 3.63) is 41.7 Å². The number of hydrogen-bond acceptors (Lipinski definition) is 6. The van der Waals surface area contributed by atoms with Crippen molar-refractivity contribution in [2.24, 2.45) is 0 Å². The van der Waals surface area contributed by atoms with Crippen LogP contribution in [0.2, 0.25) is 0 Å². The molecule has 0 radical (unpaired) electrons. The number of carbonyl (C=O) groups excluding carboxylic acids is 1. The zero-order valence-electron chi connectivity index (χ0n) is 16.2. The zero-order valence-corrected chi connectivity index (χ0v) is 16.2. The molecule has 0 aliphatic carbocycles. The first kappa shape index (κ1) is 19.4. The minimum atomic E-state index is -0.225. The SMILES string of the molecule is CC(C)(C)c1noc(OCC(=O)N2CCC(OCc3ccccc3)CC2)n1. The Bertz CT molecular complexity index is 731. The van der Waals surface area contributed by atoms with Crippen LogP contribution in [0.15, 0.2) is 34.9 Å². The van der Waals surface area contributed by atoms with Crippen LogP contribution in [0.3, 0.4) is 0 Å². The van der Waals surface area contributed by atoms with Gasteiger partial charge >= 0.3 is 6.08 Å². The van der Waals surface area contributed by atoms with Gasteiger partial charge in [-0.3, -0.25) is 9.32 Å². The van der Waals surface area contributed by atoms with Crippen molar-refractivity contribution in [2.75, 3.05) is 19.7 Å². The molecule has 2 aromatic rings. The quantitative estimate of drug-likeness (QED) is 0.775. The number of rotatable bonds is 6. The molecule has 7 heteroatoms. The van der Waals surface area contributed by atoms with Crippen LogP contribution in [0, 0.1) is 0 Å². The third-order valence-electron chi connectivity index (χ3n) is 4.52. The van der Waals surface area contributed by atoms with Gasteiger partial charge in [0.15, 0.2) is 12.4 Å². The highest BCUT2D eigenvalue weighted by atomic mass is 16.6. The number of hydrogen-bond donors (Lipinski definition) is 0. The van der Waals surface area contributed by atoms with E-state index in [0.717, 1.165) is 12.8 Å². The maximum absolute atomic E-state index is 12.3. The number of benzene rings is 1. The van der Waals surface area contributed by atoms with Crippen molar-refractivity contribution in [3.8, 4) is 6.08 Å². The Morgan fingerprint density at radius 3 is 2.56 bits per heavy atom. The summed E-state index contributed by atoms with van der Waals surface area (Å²) < 4.78 is 16.4. The molecule has 146 valence electrons. The highest BCUT2D eigenvalue weighted by Crippen LogP contribution is 2.21. The van der Waals surface area contributed by atoms with Crippen molar-refractivity contribution in [3.63, 3.8) is 0 Å². The molecule has 1 aliphatic heterocycles. The second-order valence-electron chi connectivity index (χ2n) is 7.80. The summed E-state index contributed by atoms with van der Waals surface area (Å²) in [6.45, 7) is 7.79. The zero-order chi connectivity index (χ0) is 19.3. The summed E-state index contributed by atoms with van der Waals surface area (Å²) in [6, 6.07) is 10.1. The van der Waals surface area contributed by atoms with E-state index in [1.54, 1.807) is 4.90 Å². The molecule has 1 aliphatic rings. The van der Waals surface area contributed by atoms with Crippen LogP contribution in [0.5, 0.6) is 6.08 Å². The van der Waals surface area contributed by atoms with Crippen molar-refractivity contribution in [1.82, 2.24) is 15.0 Å². The van der Waals surface area contributed by atoms with E-state index >= 15 is 0 Å². The largest absolute Gasteiger partial charge is 0.439 e. The molecule has 0 N–H and O–H groups in total. The molecule has 0 saturated carbocycles. The topological polar surface area (TPSA) is 77.7 Å². The number of nitrogens with zero attached hydrogens (tertiary/aromatic N) is 3. The van der Waals surface area contributed by atoms with Crippen LogP contribution in [-0.4, -0.2) is 46.7 Å². The minimum absolute atomic E-state index is 0.0364. The van der Waals surface area contributed by atoms with Crippen LogP contribution < -0.4 is 4.74 Å². The predicted molar refractivity (Wildman–Crippen MR) is 99.3 cm³/mol. The van der Waals surface area contributed by atoms with E-state index in [0.29, 0.717) is 25.5 Å². The Hall–Kier alpha value is -2.41. The molecule has 1 aromatic carbocycles. The molecule has 0 spiro atoms. The van der Waals surface area contributed by atoms with E-state index in [-0.39, 0.29) is 30.1 Å². The lowest BCUT2D eigenvalue weighted by atomic mass is 9.96. The molecule has 2 heterocycles. The monoisotopic (exact) mass is 373 g/mol. The number of amides is 1. The molecule has 1 saturated heterocycles. The maximum Gasteiger partial charge on any atom is 0.417 e. The second kappa shape index (κ2) is 8.52. The van der Waals surface area contributed by atoms with E-state index in [2.05, 4.69) is 22.3 Å². The number of likely N-dealkylation sites (tertiary alicyclic amines) is 1. The Labute approximate surface area is 159 Å². The molecule has 0 bridgehead atoms. The van der Waals surface area contributed by atoms with Gasteiger partial charge in [0, 0.05) is 18.5 Å². The molecular weight excluding hydrogens is 346 g/mol. The van der Waals surface area contributed by atoms with Crippen LogP contribution in [0.1, 0.15) is 45.0 Å². The first-order chi connectivity index (χ1) is 12.9. The summed E-state index contributed by atoms with van der Waals surface area (Å²) in [4.78, 5) is 18.3. The minimum Gasteiger partial charge on any atom is -0.439 e. The fraction of sp³-hybridized carbons (Fsp3) is 0.550. The summed E-state index contributed by atoms with van der Waals surface area (Å²) >= 11 is 0. The van der Waals surface area contributed by atoms with Crippen LogP contribution >= 0.6 is 0 Å². The Morgan fingerprint density at radius 1 is 1.22 bits per heavy atom. The van der Waals surface area contributed by atoms with Gasteiger partial charge < -0.3 is 14.4 Å². The molecule has 1 amide bonds. The van der Waals surface area contributed by atoms with E-state index < -0.39 is 0 Å². The molecule has 0 atom stereocenters. The summed E-state index contributed by atoms with van der Waals surface area (Å²) in [5, 5.41) is 3.88. The molecule has 1 fully saturated rings. The average Bonchev–Trinajstić information content (AvgIpc) is 3.15. The van der Waals surface area contributed by atoms with E-state index in [1.165, 1.54) is 5.56 Å². The van der Waals surface area contributed by atoms with Gasteiger partial charge in [0.2, 0.25) is 0 Å². The molecule has 3 rings (SSSR count). The molecule has 1 aromatic heterocycles. The molecular formula is C20H27N3O4. The fourth-order valence-corrected chi connectivity index (χ4v) is 2.85. The number of ether oxygens (including phenoxy) is 2. The lowest BCUT2D eigenvalue weighted by Gasteiger charge is -2.31. The third kappa shape index (κ3) is 5.53. The van der Waals surface area contributed by atoms with E-state index in [4.69, 9.17) is 14.0 Å². The van der Waals surface area contributed by atoms with Crippen molar-refractivity contribution < 1.29 is 18.8 Å². The summed E-state index contributed by atoms with van der Waals surface area (Å²) in [5.41, 5.74) is 0.940. The summed E-state index contributed by atoms with van der Waals surface area (Å²) in [5.74, 6) is 0.480. The van der Waals surface area contributed by atoms with Gasteiger partial charge in [-0.05, 0) is 18.4 Å². The van der Waals surface area contributed by atoms with Gasteiger partial charge in [-0.1, -0.05) is 56.3 Å². The normalized spacial score (nSPS) is 15.7. The van der Waals surface area contributed by atoms with Crippen LogP contribution in [0.25, 0.3) is 0 Å². The number of piperidine rings is 1. The summed E-state index contributed by atoms with van der Waals surface area (Å²) in [7, 11) is 0. The molecule has 7 nitrogen and oxygen atoms in total. The van der Waals surface area contributed by atoms with E-state index in [1.807, 2.05) is 39.0 Å². The van der Waals surface area contributed by atoms with Crippen molar-refractivity contribution >= 4 is 5.91 Å². The number of carbonyl (C=O) groups is 1. The first-order valence-electron chi connectivity index (χ1n) is 9.32. The lowest BCUT2D eigenvalue weighted by Crippen LogP contribution is -2.43. The van der Waals surface area contributed by atoms with Gasteiger partial charge in [-0.2, -0.15) is 4.98 Å². The highest BCUT2D eigenvalue weighted by Gasteiger charge is 2.25. The van der Waals surface area contributed by atoms with Gasteiger partial charge in [-0.15, -0.1) is 0 Å². The number of aromatic nitrogens is 2. The van der Waals surface area contributed by atoms with Crippen molar-refractivity contribution in [2.45, 2.75) is 51.7 Å². The fourth-order valence-electron chi connectivity index (χ4n) is 2.85. The van der Waals surface area contributed by atoms with Gasteiger partial charge in [0.1, 0.15) is 0 Å².